The molecule has 1 aliphatic rings. The monoisotopic (exact) mass is 267 g/mol. The number of hydrogen-bond donors (Lipinski definition) is 2. The number of anilines is 1. The lowest BCUT2D eigenvalue weighted by Gasteiger charge is -2.29. The number of aromatic amines is 1. The van der Waals surface area contributed by atoms with Crippen molar-refractivity contribution < 1.29 is 0 Å². The number of fused-ring (bicyclic) bond motifs is 1. The van der Waals surface area contributed by atoms with Gasteiger partial charge in [-0.25, -0.2) is 4.98 Å². The summed E-state index contributed by atoms with van der Waals surface area (Å²) in [6.45, 7) is 4.11. The van der Waals surface area contributed by atoms with Crippen molar-refractivity contribution in [2.24, 2.45) is 0 Å². The Morgan fingerprint density at radius 3 is 2.90 bits per heavy atom. The van der Waals surface area contributed by atoms with Gasteiger partial charge in [0.25, 0.3) is 5.56 Å². The quantitative estimate of drug-likeness (QED) is 0.879. The average molecular weight is 267 g/mol. The van der Waals surface area contributed by atoms with Crippen LogP contribution in [0, 0.1) is 0 Å². The molecule has 1 aliphatic carbocycles. The van der Waals surface area contributed by atoms with Gasteiger partial charge >= 0.3 is 0 Å². The predicted molar refractivity (Wildman–Crippen MR) is 80.8 cm³/mol. The van der Waals surface area contributed by atoms with E-state index >= 15 is 0 Å². The third-order valence-electron chi connectivity index (χ3n) is 3.83. The molecule has 0 aromatic carbocycles. The summed E-state index contributed by atoms with van der Waals surface area (Å²) in [5.41, 5.74) is 2.88. The molecule has 102 valence electrons. The summed E-state index contributed by atoms with van der Waals surface area (Å²) in [4.78, 5) is 19.0. The van der Waals surface area contributed by atoms with Crippen molar-refractivity contribution in [3.63, 3.8) is 0 Å². The van der Waals surface area contributed by atoms with Crippen LogP contribution in [-0.4, -0.2) is 16.0 Å². The molecule has 0 bridgehead atoms. The molecule has 4 nitrogen and oxygen atoms in total. The van der Waals surface area contributed by atoms with Crippen LogP contribution in [0.5, 0.6) is 0 Å². The summed E-state index contributed by atoms with van der Waals surface area (Å²) in [6, 6.07) is 7.93. The zero-order chi connectivity index (χ0) is 14.1. The van der Waals surface area contributed by atoms with Gasteiger partial charge in [-0.2, -0.15) is 0 Å². The van der Waals surface area contributed by atoms with E-state index in [1.54, 1.807) is 12.4 Å². The molecule has 2 aromatic heterocycles. The van der Waals surface area contributed by atoms with Crippen LogP contribution in [0.2, 0.25) is 0 Å². The number of H-pyrrole nitrogens is 1. The first-order chi connectivity index (χ1) is 9.66. The maximum Gasteiger partial charge on any atom is 0.255 e. The normalized spacial score (nSPS) is 21.0. The molecule has 0 radical (unpaired) electrons. The molecule has 2 N–H and O–H groups in total. The molecule has 2 aromatic rings. The predicted octanol–water partition coefficient (Wildman–Crippen LogP) is 2.77. The van der Waals surface area contributed by atoms with Gasteiger partial charge in [-0.1, -0.05) is 19.1 Å². The Morgan fingerprint density at radius 2 is 2.15 bits per heavy atom. The summed E-state index contributed by atoms with van der Waals surface area (Å²) < 4.78 is 0. The van der Waals surface area contributed by atoms with E-state index in [1.165, 1.54) is 0 Å². The summed E-state index contributed by atoms with van der Waals surface area (Å²) >= 11 is 0. The van der Waals surface area contributed by atoms with Crippen LogP contribution in [0.25, 0.3) is 5.57 Å². The van der Waals surface area contributed by atoms with Crippen molar-refractivity contribution in [3.8, 4) is 0 Å². The lowest BCUT2D eigenvalue weighted by molar-refractivity contribution is 0.684. The van der Waals surface area contributed by atoms with Crippen LogP contribution >= 0.6 is 0 Å². The molecule has 0 amide bonds. The standard InChI is InChI=1S/C16H17N3O/c1-10-9-13(19-14-5-3-4-7-17-14)11(2)12-6-8-18-16(20)15(10)12/h3-9,11,13H,1-2H3,(H,17,19)(H,18,20). The van der Waals surface area contributed by atoms with Gasteiger partial charge in [-0.05, 0) is 36.3 Å². The van der Waals surface area contributed by atoms with Crippen molar-refractivity contribution in [1.29, 1.82) is 0 Å². The largest absolute Gasteiger partial charge is 0.363 e. The second-order valence-electron chi connectivity index (χ2n) is 5.16. The Bertz CT molecular complexity index is 703. The van der Waals surface area contributed by atoms with Crippen molar-refractivity contribution in [2.45, 2.75) is 25.8 Å². The molecule has 0 aliphatic heterocycles. The summed E-state index contributed by atoms with van der Waals surface area (Å²) in [7, 11) is 0. The highest BCUT2D eigenvalue weighted by atomic mass is 16.1. The zero-order valence-corrected chi connectivity index (χ0v) is 11.6. The highest BCUT2D eigenvalue weighted by molar-refractivity contribution is 5.70. The Balaban J connectivity index is 1.98. The summed E-state index contributed by atoms with van der Waals surface area (Å²) in [5, 5.41) is 3.42. The maximum atomic E-state index is 12.0. The van der Waals surface area contributed by atoms with Gasteiger partial charge < -0.3 is 10.3 Å². The van der Waals surface area contributed by atoms with Crippen LogP contribution < -0.4 is 10.9 Å². The van der Waals surface area contributed by atoms with Gasteiger partial charge in [0.15, 0.2) is 0 Å². The topological polar surface area (TPSA) is 57.8 Å². The van der Waals surface area contributed by atoms with Crippen molar-refractivity contribution in [2.75, 3.05) is 5.32 Å². The number of hydrogen-bond acceptors (Lipinski definition) is 3. The van der Waals surface area contributed by atoms with E-state index in [1.807, 2.05) is 31.2 Å². The van der Waals surface area contributed by atoms with Gasteiger partial charge in [0.2, 0.25) is 0 Å². The second kappa shape index (κ2) is 4.96. The van der Waals surface area contributed by atoms with E-state index in [0.29, 0.717) is 0 Å². The number of nitrogens with one attached hydrogen (secondary N) is 2. The SMILES string of the molecule is CC1=CC(Nc2ccccn2)C(C)c2cc[nH]c(=O)c21. The third-order valence-corrected chi connectivity index (χ3v) is 3.83. The Morgan fingerprint density at radius 1 is 1.30 bits per heavy atom. The fourth-order valence-corrected chi connectivity index (χ4v) is 2.76. The molecule has 3 rings (SSSR count). The zero-order valence-electron chi connectivity index (χ0n) is 11.6. The minimum atomic E-state index is -0.0145. The first-order valence-corrected chi connectivity index (χ1v) is 6.75. The van der Waals surface area contributed by atoms with Crippen molar-refractivity contribution >= 4 is 11.4 Å². The highest BCUT2D eigenvalue weighted by Gasteiger charge is 2.26. The lowest BCUT2D eigenvalue weighted by atomic mass is 9.82. The molecule has 0 saturated heterocycles. The van der Waals surface area contributed by atoms with Gasteiger partial charge in [0.05, 0.1) is 6.04 Å². The van der Waals surface area contributed by atoms with Crippen molar-refractivity contribution in [1.82, 2.24) is 9.97 Å². The Kier molecular flexibility index (Phi) is 3.14. The molecular weight excluding hydrogens is 250 g/mol. The highest BCUT2D eigenvalue weighted by Crippen LogP contribution is 2.33. The second-order valence-corrected chi connectivity index (χ2v) is 5.16. The fraction of sp³-hybridized carbons (Fsp3) is 0.250. The molecule has 2 atom stereocenters. The van der Waals surface area contributed by atoms with Gasteiger partial charge in [-0.15, -0.1) is 0 Å². The number of pyridine rings is 2. The molecule has 0 spiro atoms. The molecule has 0 saturated carbocycles. The number of nitrogens with zero attached hydrogens (tertiary/aromatic N) is 1. The Labute approximate surface area is 117 Å². The molecule has 2 unspecified atom stereocenters. The van der Waals surface area contributed by atoms with E-state index in [-0.39, 0.29) is 17.5 Å². The van der Waals surface area contributed by atoms with Gasteiger partial charge in [0, 0.05) is 23.9 Å². The van der Waals surface area contributed by atoms with Crippen LogP contribution in [0.1, 0.15) is 30.9 Å². The van der Waals surface area contributed by atoms with Crippen LogP contribution in [0.15, 0.2) is 47.5 Å². The van der Waals surface area contributed by atoms with E-state index in [0.717, 1.165) is 22.5 Å². The van der Waals surface area contributed by atoms with Gasteiger partial charge in [-0.3, -0.25) is 4.79 Å². The van der Waals surface area contributed by atoms with E-state index in [2.05, 4.69) is 28.3 Å². The lowest BCUT2D eigenvalue weighted by Crippen LogP contribution is -2.30. The number of rotatable bonds is 2. The van der Waals surface area contributed by atoms with Crippen LogP contribution in [-0.2, 0) is 0 Å². The van der Waals surface area contributed by atoms with Crippen LogP contribution in [0.3, 0.4) is 0 Å². The van der Waals surface area contributed by atoms with Gasteiger partial charge in [0.1, 0.15) is 5.82 Å². The summed E-state index contributed by atoms with van der Waals surface area (Å²) in [5.74, 6) is 1.07. The van der Waals surface area contributed by atoms with Crippen molar-refractivity contribution in [3.05, 3.63) is 64.2 Å². The number of allylic oxidation sites excluding steroid dienone is 1. The maximum absolute atomic E-state index is 12.0. The molecule has 4 heteroatoms. The van der Waals surface area contributed by atoms with E-state index in [9.17, 15) is 4.79 Å². The first-order valence-electron chi connectivity index (χ1n) is 6.75. The molecular formula is C16H17N3O. The molecule has 2 heterocycles. The number of aromatic nitrogens is 2. The van der Waals surface area contributed by atoms with Crippen LogP contribution in [0.4, 0.5) is 5.82 Å². The Hall–Kier alpha value is -2.36. The first kappa shape index (κ1) is 12.7. The smallest absolute Gasteiger partial charge is 0.255 e. The third kappa shape index (κ3) is 2.13. The minimum absolute atomic E-state index is 0.0145. The minimum Gasteiger partial charge on any atom is -0.363 e. The average Bonchev–Trinajstić information content (AvgIpc) is 2.45. The molecule has 20 heavy (non-hydrogen) atoms. The molecule has 0 fully saturated rings. The summed E-state index contributed by atoms with van der Waals surface area (Å²) in [6.07, 6.45) is 5.59. The fourth-order valence-electron chi connectivity index (χ4n) is 2.76. The van der Waals surface area contributed by atoms with E-state index < -0.39 is 0 Å². The van der Waals surface area contributed by atoms with E-state index in [4.69, 9.17) is 0 Å².